The summed E-state index contributed by atoms with van der Waals surface area (Å²) in [6.45, 7) is 3.11. The molecule has 0 heterocycles. The molecule has 0 spiro atoms. The topological polar surface area (TPSA) is 49.3 Å². The maximum Gasteiger partial charge on any atom is 0.375 e. The molecule has 3 nitrogen and oxygen atoms in total. The number of hydrogen-bond acceptors (Lipinski definition) is 2. The van der Waals surface area contributed by atoms with E-state index in [0.29, 0.717) is 6.54 Å². The standard InChI is InChI=1S/C9H15F2NO2/c1-2-3-4-5-6-12-7-9(10,11)8(13)14/h2,12H,1,3-7H2,(H,13,14). The number of carboxylic acid groups (broad SMARTS) is 1. The summed E-state index contributed by atoms with van der Waals surface area (Å²) in [6, 6.07) is 0. The minimum Gasteiger partial charge on any atom is -0.477 e. The lowest BCUT2D eigenvalue weighted by molar-refractivity contribution is -0.163. The van der Waals surface area contributed by atoms with Crippen LogP contribution in [0.1, 0.15) is 19.3 Å². The fourth-order valence-electron chi connectivity index (χ4n) is 0.860. The molecule has 0 unspecified atom stereocenters. The number of nitrogens with one attached hydrogen (secondary N) is 1. The van der Waals surface area contributed by atoms with Crippen molar-refractivity contribution in [1.82, 2.24) is 5.32 Å². The molecule has 82 valence electrons. The minimum absolute atomic E-state index is 0.400. The predicted octanol–water partition coefficient (Wildman–Crippen LogP) is 1.65. The number of allylic oxidation sites excluding steroid dienone is 1. The molecule has 0 rings (SSSR count). The largest absolute Gasteiger partial charge is 0.477 e. The number of halogens is 2. The van der Waals surface area contributed by atoms with Crippen LogP contribution in [0.3, 0.4) is 0 Å². The van der Waals surface area contributed by atoms with Crippen molar-refractivity contribution < 1.29 is 18.7 Å². The molecule has 0 atom stereocenters. The summed E-state index contributed by atoms with van der Waals surface area (Å²) < 4.78 is 24.9. The van der Waals surface area contributed by atoms with Gasteiger partial charge in [-0.25, -0.2) is 4.79 Å². The first-order valence-electron chi connectivity index (χ1n) is 4.43. The Hall–Kier alpha value is -0.970. The summed E-state index contributed by atoms with van der Waals surface area (Å²) in [7, 11) is 0. The van der Waals surface area contributed by atoms with E-state index in [9.17, 15) is 13.6 Å². The minimum atomic E-state index is -3.67. The van der Waals surface area contributed by atoms with Gasteiger partial charge in [-0.1, -0.05) is 6.08 Å². The van der Waals surface area contributed by atoms with Crippen molar-refractivity contribution in [2.45, 2.75) is 25.2 Å². The van der Waals surface area contributed by atoms with Gasteiger partial charge in [-0.3, -0.25) is 0 Å². The highest BCUT2D eigenvalue weighted by molar-refractivity contribution is 5.75. The average Bonchev–Trinajstić information content (AvgIpc) is 2.10. The van der Waals surface area contributed by atoms with Crippen LogP contribution in [0.15, 0.2) is 12.7 Å². The van der Waals surface area contributed by atoms with Crippen molar-refractivity contribution >= 4 is 5.97 Å². The van der Waals surface area contributed by atoms with E-state index in [1.807, 2.05) is 0 Å². The van der Waals surface area contributed by atoms with Crippen LogP contribution in [-0.2, 0) is 4.79 Å². The van der Waals surface area contributed by atoms with Gasteiger partial charge >= 0.3 is 11.9 Å². The molecule has 0 radical (unpaired) electrons. The van der Waals surface area contributed by atoms with Crippen molar-refractivity contribution in [2.75, 3.05) is 13.1 Å². The van der Waals surface area contributed by atoms with Gasteiger partial charge in [0.25, 0.3) is 0 Å². The molecule has 0 fully saturated rings. The first-order chi connectivity index (χ1) is 6.50. The molecule has 0 saturated carbocycles. The fraction of sp³-hybridized carbons (Fsp3) is 0.667. The van der Waals surface area contributed by atoms with Crippen molar-refractivity contribution in [2.24, 2.45) is 0 Å². The highest BCUT2D eigenvalue weighted by Gasteiger charge is 2.37. The van der Waals surface area contributed by atoms with Gasteiger partial charge in [0.05, 0.1) is 6.54 Å². The van der Waals surface area contributed by atoms with E-state index in [0.717, 1.165) is 19.3 Å². The molecular formula is C9H15F2NO2. The lowest BCUT2D eigenvalue weighted by atomic mass is 10.2. The molecule has 0 aliphatic heterocycles. The zero-order chi connectivity index (χ0) is 11.0. The Morgan fingerprint density at radius 2 is 2.14 bits per heavy atom. The van der Waals surface area contributed by atoms with Crippen molar-refractivity contribution in [3.63, 3.8) is 0 Å². The van der Waals surface area contributed by atoms with Gasteiger partial charge in [0.15, 0.2) is 0 Å². The molecule has 5 heteroatoms. The van der Waals surface area contributed by atoms with E-state index >= 15 is 0 Å². The summed E-state index contributed by atoms with van der Waals surface area (Å²) >= 11 is 0. The Kier molecular flexibility index (Phi) is 6.03. The molecule has 2 N–H and O–H groups in total. The van der Waals surface area contributed by atoms with E-state index in [2.05, 4.69) is 11.9 Å². The SMILES string of the molecule is C=CCCCCNCC(F)(F)C(=O)O. The van der Waals surface area contributed by atoms with Crippen LogP contribution in [0.2, 0.25) is 0 Å². The Balaban J connectivity index is 3.44. The monoisotopic (exact) mass is 207 g/mol. The summed E-state index contributed by atoms with van der Waals surface area (Å²) in [5, 5.41) is 10.5. The molecule has 0 aliphatic carbocycles. The summed E-state index contributed by atoms with van der Waals surface area (Å²) in [5.41, 5.74) is 0. The van der Waals surface area contributed by atoms with Crippen molar-refractivity contribution in [3.8, 4) is 0 Å². The number of aliphatic carboxylic acids is 1. The van der Waals surface area contributed by atoms with Crippen molar-refractivity contribution in [1.29, 1.82) is 0 Å². The summed E-state index contributed by atoms with van der Waals surface area (Å²) in [4.78, 5) is 9.98. The van der Waals surface area contributed by atoms with Crippen LogP contribution < -0.4 is 5.32 Å². The Bertz CT molecular complexity index is 195. The number of unbranched alkanes of at least 4 members (excludes halogenated alkanes) is 2. The van der Waals surface area contributed by atoms with Gasteiger partial charge in [0.2, 0.25) is 0 Å². The van der Waals surface area contributed by atoms with Crippen LogP contribution in [0.5, 0.6) is 0 Å². The van der Waals surface area contributed by atoms with Gasteiger partial charge in [-0.15, -0.1) is 6.58 Å². The zero-order valence-electron chi connectivity index (χ0n) is 7.93. The maximum absolute atomic E-state index is 12.4. The van der Waals surface area contributed by atoms with Gasteiger partial charge in [-0.2, -0.15) is 8.78 Å². The van der Waals surface area contributed by atoms with E-state index in [4.69, 9.17) is 5.11 Å². The molecule has 0 aromatic rings. The number of carbonyl (C=O) groups is 1. The fourth-order valence-corrected chi connectivity index (χ4v) is 0.860. The molecule has 0 aromatic carbocycles. The van der Waals surface area contributed by atoms with Crippen LogP contribution >= 0.6 is 0 Å². The second-order valence-electron chi connectivity index (χ2n) is 2.97. The summed E-state index contributed by atoms with van der Waals surface area (Å²) in [6.07, 6.45) is 4.21. The lowest BCUT2D eigenvalue weighted by Crippen LogP contribution is -2.40. The number of alkyl halides is 2. The number of rotatable bonds is 8. The molecule has 0 aromatic heterocycles. The highest BCUT2D eigenvalue weighted by atomic mass is 19.3. The van der Waals surface area contributed by atoms with Gasteiger partial charge < -0.3 is 10.4 Å². The van der Waals surface area contributed by atoms with Crippen LogP contribution in [0, 0.1) is 0 Å². The predicted molar refractivity (Wildman–Crippen MR) is 49.5 cm³/mol. The number of carboxylic acids is 1. The highest BCUT2D eigenvalue weighted by Crippen LogP contribution is 2.11. The normalized spacial score (nSPS) is 11.3. The second kappa shape index (κ2) is 6.48. The smallest absolute Gasteiger partial charge is 0.375 e. The van der Waals surface area contributed by atoms with Crippen LogP contribution in [0.4, 0.5) is 8.78 Å². The van der Waals surface area contributed by atoms with Gasteiger partial charge in [0, 0.05) is 0 Å². The van der Waals surface area contributed by atoms with E-state index in [-0.39, 0.29) is 0 Å². The maximum atomic E-state index is 12.4. The van der Waals surface area contributed by atoms with Crippen molar-refractivity contribution in [3.05, 3.63) is 12.7 Å². The third-order valence-electron chi connectivity index (χ3n) is 1.67. The van der Waals surface area contributed by atoms with E-state index in [1.54, 1.807) is 6.08 Å². The summed E-state index contributed by atoms with van der Waals surface area (Å²) in [5.74, 6) is -5.76. The molecular weight excluding hydrogens is 192 g/mol. The molecule has 14 heavy (non-hydrogen) atoms. The Morgan fingerprint density at radius 1 is 1.50 bits per heavy atom. The molecule has 0 amide bonds. The molecule has 0 saturated heterocycles. The molecule has 0 aliphatic rings. The average molecular weight is 207 g/mol. The van der Waals surface area contributed by atoms with Gasteiger partial charge in [0.1, 0.15) is 0 Å². The lowest BCUT2D eigenvalue weighted by Gasteiger charge is -2.11. The van der Waals surface area contributed by atoms with Crippen LogP contribution in [-0.4, -0.2) is 30.1 Å². The third kappa shape index (κ3) is 5.64. The van der Waals surface area contributed by atoms with Crippen LogP contribution in [0.25, 0.3) is 0 Å². The third-order valence-corrected chi connectivity index (χ3v) is 1.67. The quantitative estimate of drug-likeness (QED) is 0.470. The zero-order valence-corrected chi connectivity index (χ0v) is 7.93. The second-order valence-corrected chi connectivity index (χ2v) is 2.97. The van der Waals surface area contributed by atoms with E-state index < -0.39 is 18.4 Å². The van der Waals surface area contributed by atoms with Gasteiger partial charge in [-0.05, 0) is 25.8 Å². The molecule has 0 bridgehead atoms. The van der Waals surface area contributed by atoms with E-state index in [1.165, 1.54) is 0 Å². The Labute approximate surface area is 81.8 Å². The first kappa shape index (κ1) is 13.0. The first-order valence-corrected chi connectivity index (χ1v) is 4.43. The number of hydrogen-bond donors (Lipinski definition) is 2. The Morgan fingerprint density at radius 3 is 2.64 bits per heavy atom.